The van der Waals surface area contributed by atoms with Crippen LogP contribution in [-0.2, 0) is 13.1 Å². The Hall–Kier alpha value is -2.28. The van der Waals surface area contributed by atoms with Crippen LogP contribution in [0.25, 0.3) is 0 Å². The number of rotatable bonds is 6. The van der Waals surface area contributed by atoms with E-state index in [1.165, 1.54) is 12.1 Å². The van der Waals surface area contributed by atoms with Gasteiger partial charge in [0.2, 0.25) is 5.82 Å². The van der Waals surface area contributed by atoms with Crippen LogP contribution in [0.1, 0.15) is 18.2 Å². The molecule has 1 N–H and O–H groups in total. The molecule has 0 aliphatic carbocycles. The van der Waals surface area contributed by atoms with E-state index in [1.54, 1.807) is 12.4 Å². The summed E-state index contributed by atoms with van der Waals surface area (Å²) in [6.45, 7) is 3.98. The molecular weight excluding hydrogens is 263 g/mol. The number of hydrogen-bond acceptors (Lipinski definition) is 4. The number of aromatic nitrogens is 2. The molecule has 0 fully saturated rings. The molecule has 106 valence electrons. The molecule has 7 heteroatoms. The van der Waals surface area contributed by atoms with E-state index in [9.17, 15) is 14.5 Å². The second-order valence-electron chi connectivity index (χ2n) is 4.36. The topological polar surface area (TPSA) is 73.0 Å². The van der Waals surface area contributed by atoms with Crippen LogP contribution >= 0.6 is 0 Å². The zero-order valence-corrected chi connectivity index (χ0v) is 11.0. The SMILES string of the molecule is CCNCc1cn(Cc2ccc([N+](=O)[O-])c(F)c2)cn1. The third-order valence-electron chi connectivity index (χ3n) is 2.82. The van der Waals surface area contributed by atoms with Crippen molar-refractivity contribution in [3.8, 4) is 0 Å². The van der Waals surface area contributed by atoms with Gasteiger partial charge in [-0.1, -0.05) is 13.0 Å². The van der Waals surface area contributed by atoms with Crippen molar-refractivity contribution in [1.82, 2.24) is 14.9 Å². The van der Waals surface area contributed by atoms with Gasteiger partial charge < -0.3 is 9.88 Å². The lowest BCUT2D eigenvalue weighted by Gasteiger charge is -2.03. The highest BCUT2D eigenvalue weighted by Crippen LogP contribution is 2.18. The fourth-order valence-corrected chi connectivity index (χ4v) is 1.84. The summed E-state index contributed by atoms with van der Waals surface area (Å²) < 4.78 is 15.3. The van der Waals surface area contributed by atoms with Crippen molar-refractivity contribution in [3.63, 3.8) is 0 Å². The second kappa shape index (κ2) is 6.25. The van der Waals surface area contributed by atoms with Crippen LogP contribution in [0.4, 0.5) is 10.1 Å². The minimum Gasteiger partial charge on any atom is -0.333 e. The van der Waals surface area contributed by atoms with Crippen LogP contribution in [0, 0.1) is 15.9 Å². The fraction of sp³-hybridized carbons (Fsp3) is 0.308. The van der Waals surface area contributed by atoms with Crippen molar-refractivity contribution in [2.75, 3.05) is 6.54 Å². The fourth-order valence-electron chi connectivity index (χ4n) is 1.84. The lowest BCUT2D eigenvalue weighted by atomic mass is 10.2. The van der Waals surface area contributed by atoms with E-state index in [2.05, 4.69) is 10.3 Å². The number of nitro benzene ring substituents is 1. The van der Waals surface area contributed by atoms with Crippen molar-refractivity contribution >= 4 is 5.69 Å². The van der Waals surface area contributed by atoms with Gasteiger partial charge in [-0.2, -0.15) is 4.39 Å². The Kier molecular flexibility index (Phi) is 4.41. The summed E-state index contributed by atoms with van der Waals surface area (Å²) in [6, 6.07) is 3.91. The van der Waals surface area contributed by atoms with Gasteiger partial charge in [-0.05, 0) is 18.2 Å². The van der Waals surface area contributed by atoms with Gasteiger partial charge in [-0.15, -0.1) is 0 Å². The van der Waals surface area contributed by atoms with E-state index in [0.29, 0.717) is 18.7 Å². The van der Waals surface area contributed by atoms with Gasteiger partial charge in [-0.3, -0.25) is 10.1 Å². The van der Waals surface area contributed by atoms with Gasteiger partial charge in [-0.25, -0.2) is 4.98 Å². The minimum atomic E-state index is -0.819. The first-order valence-electron chi connectivity index (χ1n) is 6.24. The Morgan fingerprint density at radius 3 is 2.95 bits per heavy atom. The number of hydrogen-bond donors (Lipinski definition) is 1. The summed E-state index contributed by atoms with van der Waals surface area (Å²) in [7, 11) is 0. The Labute approximate surface area is 115 Å². The van der Waals surface area contributed by atoms with E-state index in [4.69, 9.17) is 0 Å². The smallest absolute Gasteiger partial charge is 0.304 e. The highest BCUT2D eigenvalue weighted by Gasteiger charge is 2.13. The van der Waals surface area contributed by atoms with E-state index < -0.39 is 16.4 Å². The number of halogens is 1. The van der Waals surface area contributed by atoms with E-state index in [0.717, 1.165) is 12.2 Å². The molecule has 6 nitrogen and oxygen atoms in total. The van der Waals surface area contributed by atoms with Crippen molar-refractivity contribution < 1.29 is 9.31 Å². The molecule has 20 heavy (non-hydrogen) atoms. The predicted molar refractivity (Wildman–Crippen MR) is 71.8 cm³/mol. The molecule has 0 aliphatic rings. The summed E-state index contributed by atoms with van der Waals surface area (Å²) in [5.74, 6) is -0.819. The van der Waals surface area contributed by atoms with Crippen LogP contribution in [0.5, 0.6) is 0 Å². The number of nitrogens with zero attached hydrogens (tertiary/aromatic N) is 3. The number of imidazole rings is 1. The van der Waals surface area contributed by atoms with Gasteiger partial charge in [0.15, 0.2) is 0 Å². The first kappa shape index (κ1) is 14.1. The molecule has 0 spiro atoms. The van der Waals surface area contributed by atoms with Gasteiger partial charge in [0.1, 0.15) is 0 Å². The molecule has 1 heterocycles. The standard InChI is InChI=1S/C13H15FN4O2/c1-2-15-6-11-8-17(9-16-11)7-10-3-4-13(18(19)20)12(14)5-10/h3-5,8-9,15H,2,6-7H2,1H3. The predicted octanol–water partition coefficient (Wildman–Crippen LogP) is 2.09. The number of benzene rings is 1. The summed E-state index contributed by atoms with van der Waals surface area (Å²) >= 11 is 0. The zero-order valence-electron chi connectivity index (χ0n) is 11.0. The summed E-state index contributed by atoms with van der Waals surface area (Å²) in [5.41, 5.74) is 1.04. The number of nitro groups is 1. The molecule has 0 amide bonds. The largest absolute Gasteiger partial charge is 0.333 e. The van der Waals surface area contributed by atoms with Crippen molar-refractivity contribution in [3.05, 3.63) is 57.9 Å². The molecule has 1 aromatic heterocycles. The van der Waals surface area contributed by atoms with Crippen LogP contribution < -0.4 is 5.32 Å². The third-order valence-corrected chi connectivity index (χ3v) is 2.82. The molecule has 0 radical (unpaired) electrons. The maximum absolute atomic E-state index is 13.5. The quantitative estimate of drug-likeness (QED) is 0.648. The lowest BCUT2D eigenvalue weighted by Crippen LogP contribution is -2.11. The molecule has 0 atom stereocenters. The molecule has 0 bridgehead atoms. The highest BCUT2D eigenvalue weighted by molar-refractivity contribution is 5.35. The van der Waals surface area contributed by atoms with Crippen molar-refractivity contribution in [2.45, 2.75) is 20.0 Å². The average Bonchev–Trinajstić information content (AvgIpc) is 2.83. The molecule has 0 saturated carbocycles. The van der Waals surface area contributed by atoms with Gasteiger partial charge in [0.25, 0.3) is 0 Å². The lowest BCUT2D eigenvalue weighted by molar-refractivity contribution is -0.387. The molecular formula is C13H15FN4O2. The van der Waals surface area contributed by atoms with Gasteiger partial charge >= 0.3 is 5.69 Å². The van der Waals surface area contributed by atoms with Crippen LogP contribution in [0.3, 0.4) is 0 Å². The third kappa shape index (κ3) is 3.39. The van der Waals surface area contributed by atoms with Crippen molar-refractivity contribution in [1.29, 1.82) is 0 Å². The highest BCUT2D eigenvalue weighted by atomic mass is 19.1. The van der Waals surface area contributed by atoms with Crippen LogP contribution in [-0.4, -0.2) is 21.0 Å². The van der Waals surface area contributed by atoms with E-state index in [1.807, 2.05) is 17.7 Å². The van der Waals surface area contributed by atoms with Gasteiger partial charge in [0, 0.05) is 25.4 Å². The Bertz CT molecular complexity index is 612. The van der Waals surface area contributed by atoms with Crippen molar-refractivity contribution in [2.24, 2.45) is 0 Å². The summed E-state index contributed by atoms with van der Waals surface area (Å²) in [5, 5.41) is 13.7. The maximum atomic E-state index is 13.5. The summed E-state index contributed by atoms with van der Waals surface area (Å²) in [6.07, 6.45) is 3.52. The molecule has 2 rings (SSSR count). The van der Waals surface area contributed by atoms with Crippen LogP contribution in [0.15, 0.2) is 30.7 Å². The Morgan fingerprint density at radius 1 is 1.50 bits per heavy atom. The zero-order chi connectivity index (χ0) is 14.5. The summed E-state index contributed by atoms with van der Waals surface area (Å²) in [4.78, 5) is 14.0. The molecule has 0 unspecified atom stereocenters. The van der Waals surface area contributed by atoms with E-state index in [-0.39, 0.29) is 0 Å². The Morgan fingerprint density at radius 2 is 2.30 bits per heavy atom. The molecule has 2 aromatic rings. The average molecular weight is 278 g/mol. The molecule has 1 aromatic carbocycles. The normalized spacial score (nSPS) is 10.7. The molecule has 0 aliphatic heterocycles. The Balaban J connectivity index is 2.08. The monoisotopic (exact) mass is 278 g/mol. The van der Waals surface area contributed by atoms with E-state index >= 15 is 0 Å². The molecule has 0 saturated heterocycles. The van der Waals surface area contributed by atoms with Crippen LogP contribution in [0.2, 0.25) is 0 Å². The van der Waals surface area contributed by atoms with Gasteiger partial charge in [0.05, 0.1) is 16.9 Å². The second-order valence-corrected chi connectivity index (χ2v) is 4.36. The maximum Gasteiger partial charge on any atom is 0.304 e. The first-order valence-corrected chi connectivity index (χ1v) is 6.24. The first-order chi connectivity index (χ1) is 9.60. The minimum absolute atomic E-state index is 0.425. The number of nitrogens with one attached hydrogen (secondary N) is 1.